The van der Waals surface area contributed by atoms with Gasteiger partial charge in [0.25, 0.3) is 0 Å². The molecule has 2 N–H and O–H groups in total. The molecule has 0 aliphatic heterocycles. The highest BCUT2D eigenvalue weighted by atomic mass is 16.7. The second-order valence-electron chi connectivity index (χ2n) is 7.44. The summed E-state index contributed by atoms with van der Waals surface area (Å²) >= 11 is 0. The van der Waals surface area contributed by atoms with Gasteiger partial charge in [-0.15, -0.1) is 0 Å². The van der Waals surface area contributed by atoms with Gasteiger partial charge in [0.15, 0.2) is 0 Å². The number of aliphatic hydroxyl groups is 1. The van der Waals surface area contributed by atoms with Gasteiger partial charge in [-0.1, -0.05) is 13.8 Å². The van der Waals surface area contributed by atoms with Crippen molar-refractivity contribution in [2.45, 2.75) is 72.0 Å². The maximum atomic E-state index is 11.5. The molecule has 1 aliphatic rings. The SMILES string of the molecule is CC1(C)CCC(C(CO)ONC(=O)OC(C)(C)C)CC1. The van der Waals surface area contributed by atoms with Crippen molar-refractivity contribution in [3.63, 3.8) is 0 Å². The third kappa shape index (κ3) is 6.09. The van der Waals surface area contributed by atoms with Gasteiger partial charge in [0.1, 0.15) is 11.7 Å². The molecule has 0 heterocycles. The number of rotatable bonds is 4. The van der Waals surface area contributed by atoms with Crippen molar-refractivity contribution in [2.75, 3.05) is 6.61 Å². The molecule has 118 valence electrons. The summed E-state index contributed by atoms with van der Waals surface area (Å²) in [6.07, 6.45) is 3.27. The van der Waals surface area contributed by atoms with Gasteiger partial charge in [0.05, 0.1) is 6.61 Å². The number of aliphatic hydroxyl groups excluding tert-OH is 1. The average Bonchev–Trinajstić information content (AvgIpc) is 2.29. The molecular formula is C15H29NO4. The van der Waals surface area contributed by atoms with Gasteiger partial charge in [-0.05, 0) is 57.8 Å². The number of ether oxygens (including phenoxy) is 1. The van der Waals surface area contributed by atoms with Gasteiger partial charge >= 0.3 is 6.09 Å². The Kier molecular flexibility index (Phi) is 5.83. The van der Waals surface area contributed by atoms with E-state index in [-0.39, 0.29) is 18.6 Å². The van der Waals surface area contributed by atoms with E-state index in [2.05, 4.69) is 19.3 Å². The first-order chi connectivity index (χ1) is 9.13. The van der Waals surface area contributed by atoms with Crippen LogP contribution in [0.15, 0.2) is 0 Å². The lowest BCUT2D eigenvalue weighted by atomic mass is 9.72. The number of hydrogen-bond donors (Lipinski definition) is 2. The fraction of sp³-hybridized carbons (Fsp3) is 0.933. The van der Waals surface area contributed by atoms with Gasteiger partial charge < -0.3 is 9.84 Å². The molecule has 1 aliphatic carbocycles. The summed E-state index contributed by atoms with van der Waals surface area (Å²) in [6.45, 7) is 9.80. The lowest BCUT2D eigenvalue weighted by Crippen LogP contribution is -2.40. The maximum Gasteiger partial charge on any atom is 0.431 e. The Morgan fingerprint density at radius 3 is 2.35 bits per heavy atom. The van der Waals surface area contributed by atoms with Crippen molar-refractivity contribution in [1.82, 2.24) is 5.48 Å². The van der Waals surface area contributed by atoms with Crippen molar-refractivity contribution in [1.29, 1.82) is 0 Å². The predicted molar refractivity (Wildman–Crippen MR) is 77.1 cm³/mol. The molecule has 1 saturated carbocycles. The minimum absolute atomic E-state index is 0.0963. The van der Waals surface area contributed by atoms with Crippen LogP contribution in [0.25, 0.3) is 0 Å². The molecule has 0 aromatic heterocycles. The fourth-order valence-corrected chi connectivity index (χ4v) is 2.50. The Bertz CT molecular complexity index is 312. The average molecular weight is 287 g/mol. The van der Waals surface area contributed by atoms with Crippen LogP contribution in [0.4, 0.5) is 4.79 Å². The monoisotopic (exact) mass is 287 g/mol. The number of hydroxylamine groups is 1. The molecule has 0 aromatic rings. The van der Waals surface area contributed by atoms with E-state index < -0.39 is 11.7 Å². The van der Waals surface area contributed by atoms with Crippen LogP contribution in [0.5, 0.6) is 0 Å². The molecule has 1 amide bonds. The van der Waals surface area contributed by atoms with Crippen LogP contribution in [0.3, 0.4) is 0 Å². The summed E-state index contributed by atoms with van der Waals surface area (Å²) in [5.41, 5.74) is 2.10. The maximum absolute atomic E-state index is 11.5. The molecule has 0 saturated heterocycles. The lowest BCUT2D eigenvalue weighted by molar-refractivity contribution is -0.0920. The molecular weight excluding hydrogens is 258 g/mol. The first kappa shape index (κ1) is 17.2. The number of amides is 1. The van der Waals surface area contributed by atoms with Crippen LogP contribution < -0.4 is 5.48 Å². The van der Waals surface area contributed by atoms with Gasteiger partial charge in [-0.2, -0.15) is 5.48 Å². The predicted octanol–water partition coefficient (Wildman–Crippen LogP) is 3.02. The highest BCUT2D eigenvalue weighted by Crippen LogP contribution is 2.39. The van der Waals surface area contributed by atoms with Crippen LogP contribution in [-0.2, 0) is 9.57 Å². The Balaban J connectivity index is 2.39. The van der Waals surface area contributed by atoms with Crippen LogP contribution in [0.2, 0.25) is 0 Å². The Morgan fingerprint density at radius 2 is 1.90 bits per heavy atom. The zero-order valence-corrected chi connectivity index (χ0v) is 13.4. The number of hydrogen-bond acceptors (Lipinski definition) is 4. The Labute approximate surface area is 122 Å². The summed E-state index contributed by atoms with van der Waals surface area (Å²) in [7, 11) is 0. The van der Waals surface area contributed by atoms with Crippen LogP contribution in [0.1, 0.15) is 60.3 Å². The van der Waals surface area contributed by atoms with Crippen molar-refractivity contribution in [3.05, 3.63) is 0 Å². The minimum Gasteiger partial charge on any atom is -0.442 e. The molecule has 20 heavy (non-hydrogen) atoms. The summed E-state index contributed by atoms with van der Waals surface area (Å²) < 4.78 is 5.10. The molecule has 0 aromatic carbocycles. The molecule has 5 heteroatoms. The zero-order valence-electron chi connectivity index (χ0n) is 13.4. The van der Waals surface area contributed by atoms with Gasteiger partial charge in [0, 0.05) is 0 Å². The summed E-state index contributed by atoms with van der Waals surface area (Å²) in [5, 5.41) is 9.44. The first-order valence-electron chi connectivity index (χ1n) is 7.38. The third-order valence-electron chi connectivity index (χ3n) is 3.78. The Hall–Kier alpha value is -0.810. The lowest BCUT2D eigenvalue weighted by Gasteiger charge is -2.37. The standard InChI is InChI=1S/C15H29NO4/c1-14(2,3)19-13(18)16-20-12(10-17)11-6-8-15(4,5)9-7-11/h11-12,17H,6-10H2,1-5H3,(H,16,18). The zero-order chi connectivity index (χ0) is 15.4. The van der Waals surface area contributed by atoms with E-state index in [0.29, 0.717) is 5.41 Å². The van der Waals surface area contributed by atoms with E-state index in [1.54, 1.807) is 20.8 Å². The quantitative estimate of drug-likeness (QED) is 0.780. The number of nitrogens with one attached hydrogen (secondary N) is 1. The third-order valence-corrected chi connectivity index (χ3v) is 3.78. The molecule has 1 unspecified atom stereocenters. The van der Waals surface area contributed by atoms with E-state index in [0.717, 1.165) is 25.7 Å². The first-order valence-corrected chi connectivity index (χ1v) is 7.38. The largest absolute Gasteiger partial charge is 0.442 e. The summed E-state index contributed by atoms with van der Waals surface area (Å²) in [4.78, 5) is 16.9. The van der Waals surface area contributed by atoms with E-state index in [9.17, 15) is 9.90 Å². The van der Waals surface area contributed by atoms with E-state index in [4.69, 9.17) is 9.57 Å². The second-order valence-corrected chi connectivity index (χ2v) is 7.44. The molecule has 1 fully saturated rings. The van der Waals surface area contributed by atoms with E-state index in [1.165, 1.54) is 0 Å². The van der Waals surface area contributed by atoms with Crippen molar-refractivity contribution >= 4 is 6.09 Å². The normalized spacial score (nSPS) is 21.3. The van der Waals surface area contributed by atoms with Crippen LogP contribution >= 0.6 is 0 Å². The van der Waals surface area contributed by atoms with Crippen LogP contribution in [-0.4, -0.2) is 29.5 Å². The highest BCUT2D eigenvalue weighted by molar-refractivity contribution is 5.66. The Morgan fingerprint density at radius 1 is 1.35 bits per heavy atom. The van der Waals surface area contributed by atoms with Crippen molar-refractivity contribution in [2.24, 2.45) is 11.3 Å². The van der Waals surface area contributed by atoms with Crippen molar-refractivity contribution < 1.29 is 19.5 Å². The number of carbonyl (C=O) groups is 1. The summed E-state index contributed by atoms with van der Waals surface area (Å²) in [6, 6.07) is 0. The molecule has 5 nitrogen and oxygen atoms in total. The highest BCUT2D eigenvalue weighted by Gasteiger charge is 2.32. The van der Waals surface area contributed by atoms with Gasteiger partial charge in [-0.3, -0.25) is 4.84 Å². The van der Waals surface area contributed by atoms with E-state index in [1.807, 2.05) is 0 Å². The second kappa shape index (κ2) is 6.76. The van der Waals surface area contributed by atoms with Gasteiger partial charge in [-0.25, -0.2) is 4.79 Å². The smallest absolute Gasteiger partial charge is 0.431 e. The van der Waals surface area contributed by atoms with Crippen LogP contribution in [0, 0.1) is 11.3 Å². The molecule has 0 radical (unpaired) electrons. The fourth-order valence-electron chi connectivity index (χ4n) is 2.50. The minimum atomic E-state index is -0.618. The molecule has 0 spiro atoms. The molecule has 1 rings (SSSR count). The number of carbonyl (C=O) groups excluding carboxylic acids is 1. The molecule has 1 atom stereocenters. The van der Waals surface area contributed by atoms with Gasteiger partial charge in [0.2, 0.25) is 0 Å². The summed E-state index contributed by atoms with van der Waals surface area (Å²) in [5.74, 6) is 0.281. The van der Waals surface area contributed by atoms with Crippen molar-refractivity contribution in [3.8, 4) is 0 Å². The topological polar surface area (TPSA) is 67.8 Å². The molecule has 0 bridgehead atoms. The van der Waals surface area contributed by atoms with E-state index >= 15 is 0 Å².